The number of hydrogen-bond acceptors (Lipinski definition) is 4. The van der Waals surface area contributed by atoms with Gasteiger partial charge >= 0.3 is 0 Å². The molecule has 0 radical (unpaired) electrons. The number of benzene rings is 2. The van der Waals surface area contributed by atoms with E-state index in [0.717, 1.165) is 36.7 Å². The average Bonchev–Trinajstić information content (AvgIpc) is 3.09. The minimum absolute atomic E-state index is 0.750. The molecule has 114 valence electrons. The lowest BCUT2D eigenvalue weighted by Crippen LogP contribution is -2.03. The first-order chi connectivity index (χ1) is 11.4. The van der Waals surface area contributed by atoms with Gasteiger partial charge in [0.25, 0.3) is 0 Å². The monoisotopic (exact) mass is 302 g/mol. The minimum atomic E-state index is 0.750. The van der Waals surface area contributed by atoms with Crippen molar-refractivity contribution in [2.24, 2.45) is 0 Å². The van der Waals surface area contributed by atoms with Crippen LogP contribution in [0, 0.1) is 0 Å². The summed E-state index contributed by atoms with van der Waals surface area (Å²) < 4.78 is 0. The molecule has 0 fully saturated rings. The van der Waals surface area contributed by atoms with Crippen LogP contribution in [-0.2, 0) is 19.6 Å². The van der Waals surface area contributed by atoms with E-state index in [1.807, 2.05) is 30.3 Å². The molecule has 0 atom stereocenters. The zero-order chi connectivity index (χ0) is 15.5. The Bertz CT molecular complexity index is 815. The maximum Gasteiger partial charge on any atom is 0.145 e. The largest absolute Gasteiger partial charge is 0.365 e. The van der Waals surface area contributed by atoms with E-state index in [2.05, 4.69) is 38.8 Å². The van der Waals surface area contributed by atoms with Crippen molar-refractivity contribution in [1.29, 1.82) is 0 Å². The van der Waals surface area contributed by atoms with Crippen LogP contribution in [-0.4, -0.2) is 9.97 Å². The van der Waals surface area contributed by atoms with Gasteiger partial charge in [-0.3, -0.25) is 4.98 Å². The molecule has 0 bridgehead atoms. The van der Waals surface area contributed by atoms with Crippen molar-refractivity contribution < 1.29 is 0 Å². The Hall–Kier alpha value is -2.72. The highest BCUT2D eigenvalue weighted by atomic mass is 15.0. The van der Waals surface area contributed by atoms with Crippen molar-refractivity contribution >= 4 is 5.82 Å². The van der Waals surface area contributed by atoms with Crippen molar-refractivity contribution in [2.75, 3.05) is 5.32 Å². The molecule has 4 nitrogen and oxygen atoms in total. The van der Waals surface area contributed by atoms with Crippen LogP contribution < -0.4 is 10.6 Å². The van der Waals surface area contributed by atoms with Gasteiger partial charge in [0.15, 0.2) is 0 Å². The molecule has 2 heterocycles. The van der Waals surface area contributed by atoms with Gasteiger partial charge in [-0.1, -0.05) is 48.5 Å². The van der Waals surface area contributed by atoms with Crippen LogP contribution in [0.2, 0.25) is 0 Å². The van der Waals surface area contributed by atoms with Gasteiger partial charge in [-0.15, -0.1) is 0 Å². The van der Waals surface area contributed by atoms with Gasteiger partial charge in [0.05, 0.1) is 18.1 Å². The lowest BCUT2D eigenvalue weighted by molar-refractivity contribution is 0.764. The summed E-state index contributed by atoms with van der Waals surface area (Å²) in [6.07, 6.45) is 3.56. The second kappa shape index (κ2) is 6.18. The number of aromatic nitrogens is 2. The molecule has 0 spiro atoms. The summed E-state index contributed by atoms with van der Waals surface area (Å²) >= 11 is 0. The van der Waals surface area contributed by atoms with E-state index in [9.17, 15) is 0 Å². The molecule has 4 heteroatoms. The maximum atomic E-state index is 4.64. The number of nitrogens with zero attached hydrogens (tertiary/aromatic N) is 2. The van der Waals surface area contributed by atoms with Gasteiger partial charge < -0.3 is 10.6 Å². The van der Waals surface area contributed by atoms with Gasteiger partial charge in [-0.2, -0.15) is 0 Å². The molecule has 0 saturated heterocycles. The molecule has 2 aromatic carbocycles. The predicted molar refractivity (Wildman–Crippen MR) is 91.8 cm³/mol. The number of rotatable bonds is 4. The Morgan fingerprint density at radius 2 is 1.83 bits per heavy atom. The summed E-state index contributed by atoms with van der Waals surface area (Å²) in [5.41, 5.74) is 6.02. The second-order valence-corrected chi connectivity index (χ2v) is 5.72. The summed E-state index contributed by atoms with van der Waals surface area (Å²) in [7, 11) is 0. The van der Waals surface area contributed by atoms with Gasteiger partial charge in [0.2, 0.25) is 0 Å². The van der Waals surface area contributed by atoms with Gasteiger partial charge in [-0.05, 0) is 16.7 Å². The Morgan fingerprint density at radius 3 is 2.74 bits per heavy atom. The number of nitrogens with one attached hydrogen (secondary N) is 2. The van der Waals surface area contributed by atoms with Gasteiger partial charge in [-0.25, -0.2) is 4.98 Å². The molecule has 0 aliphatic carbocycles. The Morgan fingerprint density at radius 1 is 0.957 bits per heavy atom. The molecule has 23 heavy (non-hydrogen) atoms. The van der Waals surface area contributed by atoms with Gasteiger partial charge in [0.1, 0.15) is 5.82 Å². The Labute approximate surface area is 135 Å². The van der Waals surface area contributed by atoms with E-state index in [-0.39, 0.29) is 0 Å². The van der Waals surface area contributed by atoms with Crippen molar-refractivity contribution in [1.82, 2.24) is 15.3 Å². The molecule has 1 aliphatic rings. The maximum absolute atomic E-state index is 4.64. The summed E-state index contributed by atoms with van der Waals surface area (Å²) in [5.74, 6) is 0.796. The first kappa shape index (κ1) is 13.9. The Kier molecular flexibility index (Phi) is 3.74. The van der Waals surface area contributed by atoms with Crippen molar-refractivity contribution in [3.8, 4) is 11.3 Å². The lowest BCUT2D eigenvalue weighted by Gasteiger charge is -2.08. The fourth-order valence-corrected chi connectivity index (χ4v) is 2.85. The van der Waals surface area contributed by atoms with Crippen molar-refractivity contribution in [3.05, 3.63) is 77.6 Å². The fourth-order valence-electron chi connectivity index (χ4n) is 2.85. The van der Waals surface area contributed by atoms with Crippen molar-refractivity contribution in [2.45, 2.75) is 19.6 Å². The summed E-state index contributed by atoms with van der Waals surface area (Å²) in [4.78, 5) is 8.94. The average molecular weight is 302 g/mol. The molecule has 0 amide bonds. The normalized spacial score (nSPS) is 12.9. The molecular weight excluding hydrogens is 284 g/mol. The van der Waals surface area contributed by atoms with Crippen LogP contribution in [0.25, 0.3) is 11.3 Å². The van der Waals surface area contributed by atoms with Crippen LogP contribution >= 0.6 is 0 Å². The first-order valence-corrected chi connectivity index (χ1v) is 7.81. The van der Waals surface area contributed by atoms with Crippen LogP contribution in [0.15, 0.2) is 60.9 Å². The second-order valence-electron chi connectivity index (χ2n) is 5.72. The fraction of sp³-hybridized carbons (Fsp3) is 0.158. The van der Waals surface area contributed by atoms with E-state index in [1.165, 1.54) is 16.7 Å². The molecule has 2 N–H and O–H groups in total. The summed E-state index contributed by atoms with van der Waals surface area (Å²) in [6.45, 7) is 2.69. The molecular formula is C19H18N4. The number of anilines is 1. The highest BCUT2D eigenvalue weighted by molar-refractivity contribution is 5.59. The third-order valence-corrected chi connectivity index (χ3v) is 4.08. The molecule has 1 aliphatic heterocycles. The highest BCUT2D eigenvalue weighted by Crippen LogP contribution is 2.19. The Balaban J connectivity index is 1.49. The third-order valence-electron chi connectivity index (χ3n) is 4.08. The van der Waals surface area contributed by atoms with E-state index >= 15 is 0 Å². The van der Waals surface area contributed by atoms with Gasteiger partial charge in [0, 0.05) is 25.2 Å². The smallest absolute Gasteiger partial charge is 0.145 e. The number of fused-ring (bicyclic) bond motifs is 1. The van der Waals surface area contributed by atoms with Crippen LogP contribution in [0.1, 0.15) is 16.7 Å². The molecule has 1 aromatic heterocycles. The first-order valence-electron chi connectivity index (χ1n) is 7.81. The van der Waals surface area contributed by atoms with Crippen LogP contribution in [0.3, 0.4) is 0 Å². The van der Waals surface area contributed by atoms with E-state index in [0.29, 0.717) is 0 Å². The molecule has 0 unspecified atom stereocenters. The SMILES string of the molecule is c1ccc(-c2cncc(NCc3ccc4c(c3)CNC4)n2)cc1. The zero-order valence-electron chi connectivity index (χ0n) is 12.8. The molecule has 0 saturated carbocycles. The van der Waals surface area contributed by atoms with Crippen molar-refractivity contribution in [3.63, 3.8) is 0 Å². The minimum Gasteiger partial charge on any atom is -0.365 e. The molecule has 4 rings (SSSR count). The quantitative estimate of drug-likeness (QED) is 0.776. The topological polar surface area (TPSA) is 49.8 Å². The third kappa shape index (κ3) is 3.07. The highest BCUT2D eigenvalue weighted by Gasteiger charge is 2.10. The van der Waals surface area contributed by atoms with E-state index in [4.69, 9.17) is 0 Å². The summed E-state index contributed by atoms with van der Waals surface area (Å²) in [5, 5.41) is 6.74. The van der Waals surface area contributed by atoms with Crippen LogP contribution in [0.4, 0.5) is 5.82 Å². The lowest BCUT2D eigenvalue weighted by atomic mass is 10.1. The summed E-state index contributed by atoms with van der Waals surface area (Å²) in [6, 6.07) is 16.7. The number of hydrogen-bond donors (Lipinski definition) is 2. The van der Waals surface area contributed by atoms with Crippen LogP contribution in [0.5, 0.6) is 0 Å². The molecule has 3 aromatic rings. The predicted octanol–water partition coefficient (Wildman–Crippen LogP) is 3.36. The zero-order valence-corrected chi connectivity index (χ0v) is 12.8. The van der Waals surface area contributed by atoms with E-state index in [1.54, 1.807) is 12.4 Å². The standard InChI is InChI=1S/C19H18N4/c1-2-4-15(5-3-1)18-12-21-13-19(23-18)22-9-14-6-7-16-10-20-11-17(16)8-14/h1-8,12-13,20H,9-11H2,(H,22,23). The van der Waals surface area contributed by atoms with E-state index < -0.39 is 0 Å².